The Morgan fingerprint density at radius 3 is 2.68 bits per heavy atom. The van der Waals surface area contributed by atoms with E-state index < -0.39 is 10.0 Å². The second kappa shape index (κ2) is 7.68. The summed E-state index contributed by atoms with van der Waals surface area (Å²) >= 11 is 6.18. The number of sulfonamides is 1. The number of hydrogen-bond donors (Lipinski definition) is 2. The van der Waals surface area contributed by atoms with Gasteiger partial charge in [0, 0.05) is 5.56 Å². The Morgan fingerprint density at radius 2 is 1.81 bits per heavy atom. The lowest BCUT2D eigenvalue weighted by Crippen LogP contribution is -2.40. The van der Waals surface area contributed by atoms with E-state index in [-0.39, 0.29) is 29.9 Å². The minimum Gasteiger partial charge on any atom is -0.454 e. The average Bonchev–Trinajstić information content (AvgIpc) is 3.23. The molecule has 2 aliphatic heterocycles. The van der Waals surface area contributed by atoms with E-state index in [0.29, 0.717) is 28.0 Å². The molecule has 0 saturated carbocycles. The second-order valence-electron chi connectivity index (χ2n) is 6.71. The van der Waals surface area contributed by atoms with Crippen molar-refractivity contribution in [2.24, 2.45) is 4.99 Å². The molecular formula is C21H16ClN3O5S. The molecule has 0 unspecified atom stereocenters. The predicted molar refractivity (Wildman–Crippen MR) is 116 cm³/mol. The summed E-state index contributed by atoms with van der Waals surface area (Å²) in [5.74, 6) is 2.02. The number of anilines is 1. The maximum absolute atomic E-state index is 12.8. The van der Waals surface area contributed by atoms with Gasteiger partial charge in [-0.25, -0.2) is 18.1 Å². The number of hydrogen-bond acceptors (Lipinski definition) is 6. The van der Waals surface area contributed by atoms with Crippen molar-refractivity contribution < 1.29 is 22.6 Å². The van der Waals surface area contributed by atoms with Crippen LogP contribution in [-0.2, 0) is 16.6 Å². The van der Waals surface area contributed by atoms with Crippen LogP contribution in [0.5, 0.6) is 23.0 Å². The topological polar surface area (TPSA) is 98.3 Å². The van der Waals surface area contributed by atoms with Crippen molar-refractivity contribution in [2.75, 3.05) is 12.1 Å². The molecule has 0 radical (unpaired) electrons. The Balaban J connectivity index is 1.48. The molecule has 10 heteroatoms. The van der Waals surface area contributed by atoms with E-state index in [4.69, 9.17) is 25.8 Å². The van der Waals surface area contributed by atoms with E-state index in [2.05, 4.69) is 15.0 Å². The lowest BCUT2D eigenvalue weighted by atomic mass is 10.2. The van der Waals surface area contributed by atoms with Crippen LogP contribution < -0.4 is 24.2 Å². The Hall–Kier alpha value is -3.43. The number of fused-ring (bicyclic) bond motifs is 2. The number of benzene rings is 3. The molecule has 0 aromatic heterocycles. The van der Waals surface area contributed by atoms with Crippen molar-refractivity contribution in [2.45, 2.75) is 11.4 Å². The van der Waals surface area contributed by atoms with Crippen LogP contribution >= 0.6 is 11.6 Å². The molecule has 3 aromatic carbocycles. The third-order valence-corrected chi connectivity index (χ3v) is 6.39. The summed E-state index contributed by atoms with van der Waals surface area (Å²) in [6.07, 6.45) is 0. The van der Waals surface area contributed by atoms with Crippen LogP contribution in [0, 0.1) is 0 Å². The Morgan fingerprint density at radius 1 is 1.00 bits per heavy atom. The average molecular weight is 458 g/mol. The lowest BCUT2D eigenvalue weighted by molar-refractivity contribution is 0.173. The van der Waals surface area contributed by atoms with Crippen LogP contribution in [0.2, 0.25) is 5.02 Å². The van der Waals surface area contributed by atoms with Crippen molar-refractivity contribution in [3.8, 4) is 23.0 Å². The number of guanidine groups is 1. The molecule has 0 spiro atoms. The summed E-state index contributed by atoms with van der Waals surface area (Å²) in [6.45, 7) is 0.324. The SMILES string of the molecule is O=S1(=O)NC(=NCc2cccc3c2OCO3)Nc2c(Oc3ccccc3Cl)cccc21. The van der Waals surface area contributed by atoms with Crippen molar-refractivity contribution in [1.82, 2.24) is 4.72 Å². The fourth-order valence-corrected chi connectivity index (χ4v) is 4.60. The van der Waals surface area contributed by atoms with Gasteiger partial charge in [-0.2, -0.15) is 0 Å². The number of nitrogens with one attached hydrogen (secondary N) is 2. The van der Waals surface area contributed by atoms with Crippen LogP contribution in [0.15, 0.2) is 70.6 Å². The van der Waals surface area contributed by atoms with Crippen LogP contribution in [-0.4, -0.2) is 21.2 Å². The molecule has 0 amide bonds. The van der Waals surface area contributed by atoms with E-state index in [1.54, 1.807) is 42.5 Å². The zero-order valence-electron chi connectivity index (χ0n) is 16.0. The molecule has 5 rings (SSSR count). The van der Waals surface area contributed by atoms with Crippen molar-refractivity contribution in [1.29, 1.82) is 0 Å². The number of ether oxygens (including phenoxy) is 3. The van der Waals surface area contributed by atoms with Crippen molar-refractivity contribution >= 4 is 33.3 Å². The molecule has 0 bridgehead atoms. The van der Waals surface area contributed by atoms with Crippen molar-refractivity contribution in [3.05, 3.63) is 71.2 Å². The highest BCUT2D eigenvalue weighted by Crippen LogP contribution is 2.39. The van der Waals surface area contributed by atoms with Crippen LogP contribution in [0.3, 0.4) is 0 Å². The van der Waals surface area contributed by atoms with Gasteiger partial charge in [0.1, 0.15) is 16.3 Å². The first kappa shape index (κ1) is 19.5. The van der Waals surface area contributed by atoms with E-state index >= 15 is 0 Å². The van der Waals surface area contributed by atoms with E-state index in [9.17, 15) is 8.42 Å². The first-order valence-corrected chi connectivity index (χ1v) is 11.1. The summed E-state index contributed by atoms with van der Waals surface area (Å²) in [4.78, 5) is 4.44. The van der Waals surface area contributed by atoms with E-state index in [1.807, 2.05) is 12.1 Å². The predicted octanol–water partition coefficient (Wildman–Crippen LogP) is 4.12. The third kappa shape index (κ3) is 3.73. The van der Waals surface area contributed by atoms with Gasteiger partial charge < -0.3 is 19.5 Å². The minimum absolute atomic E-state index is 0.0494. The summed E-state index contributed by atoms with van der Waals surface area (Å²) in [6, 6.07) is 17.1. The molecule has 2 aliphatic rings. The van der Waals surface area contributed by atoms with Gasteiger partial charge in [0.05, 0.1) is 11.6 Å². The number of para-hydroxylation sites is 3. The smallest absolute Gasteiger partial charge is 0.266 e. The molecular weight excluding hydrogens is 442 g/mol. The Labute approximate surface area is 183 Å². The largest absolute Gasteiger partial charge is 0.454 e. The highest BCUT2D eigenvalue weighted by Gasteiger charge is 2.29. The van der Waals surface area contributed by atoms with Gasteiger partial charge in [-0.15, -0.1) is 0 Å². The fourth-order valence-electron chi connectivity index (χ4n) is 3.27. The lowest BCUT2D eigenvalue weighted by Gasteiger charge is -2.23. The molecule has 2 heterocycles. The fraction of sp³-hybridized carbons (Fsp3) is 0.0952. The number of nitrogens with zero attached hydrogens (tertiary/aromatic N) is 1. The first-order chi connectivity index (χ1) is 15.0. The minimum atomic E-state index is -3.84. The second-order valence-corrected chi connectivity index (χ2v) is 8.77. The standard InChI is InChI=1S/C21H16ClN3O5S/c22-14-6-1-2-7-15(14)30-16-8-4-10-18-19(16)24-21(25-31(18,26)27)23-11-13-5-3-9-17-20(13)29-12-28-17/h1-10H,11-12H2,(H2,23,24,25). The van der Waals surface area contributed by atoms with Gasteiger partial charge in [0.25, 0.3) is 10.0 Å². The maximum atomic E-state index is 12.8. The van der Waals surface area contributed by atoms with Gasteiger partial charge in [-0.1, -0.05) is 41.9 Å². The number of rotatable bonds is 4. The van der Waals surface area contributed by atoms with Gasteiger partial charge in [0.2, 0.25) is 12.8 Å². The molecule has 8 nitrogen and oxygen atoms in total. The van der Waals surface area contributed by atoms with Crippen LogP contribution in [0.4, 0.5) is 5.69 Å². The summed E-state index contributed by atoms with van der Waals surface area (Å²) in [5, 5.41) is 3.43. The Bertz CT molecular complexity index is 1310. The monoisotopic (exact) mass is 457 g/mol. The van der Waals surface area contributed by atoms with Crippen LogP contribution in [0.25, 0.3) is 0 Å². The number of aliphatic imine (C=N–C) groups is 1. The Kier molecular flexibility index (Phi) is 4.84. The highest BCUT2D eigenvalue weighted by atomic mass is 35.5. The maximum Gasteiger partial charge on any atom is 0.266 e. The normalized spacial score (nSPS) is 16.9. The van der Waals surface area contributed by atoms with Gasteiger partial charge in [-0.3, -0.25) is 0 Å². The third-order valence-electron chi connectivity index (χ3n) is 4.69. The van der Waals surface area contributed by atoms with E-state index in [1.165, 1.54) is 6.07 Å². The van der Waals surface area contributed by atoms with Gasteiger partial charge >= 0.3 is 0 Å². The highest BCUT2D eigenvalue weighted by molar-refractivity contribution is 7.90. The molecule has 158 valence electrons. The van der Waals surface area contributed by atoms with Gasteiger partial charge in [-0.05, 0) is 30.3 Å². The zero-order valence-corrected chi connectivity index (χ0v) is 17.5. The van der Waals surface area contributed by atoms with E-state index in [0.717, 1.165) is 5.56 Å². The quantitative estimate of drug-likeness (QED) is 0.611. The molecule has 0 saturated heterocycles. The first-order valence-electron chi connectivity index (χ1n) is 9.28. The van der Waals surface area contributed by atoms with Crippen LogP contribution in [0.1, 0.15) is 5.56 Å². The van der Waals surface area contributed by atoms with Crippen molar-refractivity contribution in [3.63, 3.8) is 0 Å². The molecule has 31 heavy (non-hydrogen) atoms. The molecule has 0 atom stereocenters. The summed E-state index contributed by atoms with van der Waals surface area (Å²) in [7, 11) is -3.84. The van der Waals surface area contributed by atoms with Gasteiger partial charge in [0.15, 0.2) is 17.2 Å². The summed E-state index contributed by atoms with van der Waals surface area (Å²) in [5.41, 5.74) is 1.05. The summed E-state index contributed by atoms with van der Waals surface area (Å²) < 4.78 is 44.8. The number of halogens is 1. The molecule has 2 N–H and O–H groups in total. The molecule has 0 fully saturated rings. The zero-order chi connectivity index (χ0) is 21.4. The molecule has 0 aliphatic carbocycles. The molecule has 3 aromatic rings.